The van der Waals surface area contributed by atoms with E-state index in [0.29, 0.717) is 23.6 Å². The van der Waals surface area contributed by atoms with Crippen LogP contribution in [0.1, 0.15) is 39.7 Å². The van der Waals surface area contributed by atoms with Gasteiger partial charge in [0.05, 0.1) is 12.8 Å². The van der Waals surface area contributed by atoms with Crippen molar-refractivity contribution >= 4 is 11.6 Å². The fourth-order valence-electron chi connectivity index (χ4n) is 2.48. The molecule has 0 aromatic heterocycles. The van der Waals surface area contributed by atoms with E-state index in [1.54, 1.807) is 7.11 Å². The molecule has 0 radical (unpaired) electrons. The molecule has 2 aromatic rings. The van der Waals surface area contributed by atoms with Gasteiger partial charge < -0.3 is 14.8 Å². The summed E-state index contributed by atoms with van der Waals surface area (Å²) in [5.41, 5.74) is 1.95. The summed E-state index contributed by atoms with van der Waals surface area (Å²) in [5, 5.41) is 2.88. The van der Waals surface area contributed by atoms with Gasteiger partial charge in [0.15, 0.2) is 6.10 Å². The van der Waals surface area contributed by atoms with Crippen molar-refractivity contribution < 1.29 is 14.3 Å². The smallest absolute Gasteiger partial charge is 0.265 e. The summed E-state index contributed by atoms with van der Waals surface area (Å²) < 4.78 is 11.2. The number of nitrogens with one attached hydrogen (secondary N) is 1. The second-order valence-electron chi connectivity index (χ2n) is 6.98. The summed E-state index contributed by atoms with van der Waals surface area (Å²) in [6.07, 6.45) is 0.00699. The standard InChI is InChI=1S/C21H27NO3/c1-6-18(20(23)22-17-9-7-8-10-19(17)24-5)25-16-13-11-15(12-14-16)21(2,3)4/h7-14,18H,6H2,1-5H3,(H,22,23)/t18-/m1/s1. The number of hydrogen-bond acceptors (Lipinski definition) is 3. The lowest BCUT2D eigenvalue weighted by Crippen LogP contribution is -2.32. The number of benzene rings is 2. The maximum atomic E-state index is 12.6. The minimum atomic E-state index is -0.564. The number of carbonyl (C=O) groups excluding carboxylic acids is 1. The molecule has 1 amide bonds. The molecule has 2 aromatic carbocycles. The third kappa shape index (κ3) is 4.99. The van der Waals surface area contributed by atoms with Crippen LogP contribution < -0.4 is 14.8 Å². The lowest BCUT2D eigenvalue weighted by Gasteiger charge is -2.21. The average molecular weight is 341 g/mol. The topological polar surface area (TPSA) is 47.6 Å². The number of hydrogen-bond donors (Lipinski definition) is 1. The molecule has 134 valence electrons. The van der Waals surface area contributed by atoms with Crippen molar-refractivity contribution in [3.05, 3.63) is 54.1 Å². The van der Waals surface area contributed by atoms with E-state index in [1.165, 1.54) is 5.56 Å². The maximum Gasteiger partial charge on any atom is 0.265 e. The van der Waals surface area contributed by atoms with E-state index in [4.69, 9.17) is 9.47 Å². The number of para-hydroxylation sites is 2. The zero-order chi connectivity index (χ0) is 18.4. The molecule has 2 rings (SSSR count). The van der Waals surface area contributed by atoms with Crippen molar-refractivity contribution in [3.63, 3.8) is 0 Å². The molecule has 0 heterocycles. The molecular weight excluding hydrogens is 314 g/mol. The molecule has 1 atom stereocenters. The first-order valence-electron chi connectivity index (χ1n) is 8.56. The fourth-order valence-corrected chi connectivity index (χ4v) is 2.48. The van der Waals surface area contributed by atoms with Gasteiger partial charge in [0.1, 0.15) is 11.5 Å². The molecular formula is C21H27NO3. The molecule has 0 aliphatic rings. The monoisotopic (exact) mass is 341 g/mol. The van der Waals surface area contributed by atoms with Gasteiger partial charge in [-0.3, -0.25) is 4.79 Å². The second kappa shape index (κ2) is 8.06. The van der Waals surface area contributed by atoms with E-state index in [1.807, 2.05) is 55.5 Å². The number of methoxy groups -OCH3 is 1. The lowest BCUT2D eigenvalue weighted by molar-refractivity contribution is -0.122. The van der Waals surface area contributed by atoms with E-state index in [-0.39, 0.29) is 11.3 Å². The highest BCUT2D eigenvalue weighted by molar-refractivity contribution is 5.95. The molecule has 1 N–H and O–H groups in total. The summed E-state index contributed by atoms with van der Waals surface area (Å²) >= 11 is 0. The Labute approximate surface area is 150 Å². The Balaban J connectivity index is 2.07. The van der Waals surface area contributed by atoms with E-state index in [2.05, 4.69) is 26.1 Å². The number of anilines is 1. The van der Waals surface area contributed by atoms with Crippen molar-refractivity contribution in [1.82, 2.24) is 0 Å². The summed E-state index contributed by atoms with van der Waals surface area (Å²) in [7, 11) is 1.58. The van der Waals surface area contributed by atoms with Gasteiger partial charge in [-0.15, -0.1) is 0 Å². The Kier molecular flexibility index (Phi) is 6.07. The van der Waals surface area contributed by atoms with Gasteiger partial charge in [-0.1, -0.05) is 52.0 Å². The molecule has 4 nitrogen and oxygen atoms in total. The third-order valence-electron chi connectivity index (χ3n) is 4.03. The Hall–Kier alpha value is -2.49. The van der Waals surface area contributed by atoms with Crippen molar-refractivity contribution in [2.45, 2.75) is 45.6 Å². The van der Waals surface area contributed by atoms with Crippen LogP contribution in [0.5, 0.6) is 11.5 Å². The first-order valence-corrected chi connectivity index (χ1v) is 8.56. The summed E-state index contributed by atoms with van der Waals surface area (Å²) in [5.74, 6) is 1.13. The number of amides is 1. The summed E-state index contributed by atoms with van der Waals surface area (Å²) in [4.78, 5) is 12.6. The molecule has 0 aliphatic heterocycles. The summed E-state index contributed by atoms with van der Waals surface area (Å²) in [6.45, 7) is 8.42. The van der Waals surface area contributed by atoms with Crippen LogP contribution in [0, 0.1) is 0 Å². The van der Waals surface area contributed by atoms with E-state index < -0.39 is 6.10 Å². The Morgan fingerprint density at radius 3 is 2.28 bits per heavy atom. The van der Waals surface area contributed by atoms with Gasteiger partial charge >= 0.3 is 0 Å². The summed E-state index contributed by atoms with van der Waals surface area (Å²) in [6, 6.07) is 15.2. The van der Waals surface area contributed by atoms with Gasteiger partial charge in [-0.2, -0.15) is 0 Å². The Morgan fingerprint density at radius 2 is 1.72 bits per heavy atom. The molecule has 0 bridgehead atoms. The molecule has 0 unspecified atom stereocenters. The van der Waals surface area contributed by atoms with Crippen molar-refractivity contribution in [1.29, 1.82) is 0 Å². The van der Waals surface area contributed by atoms with Crippen LogP contribution in [0.4, 0.5) is 5.69 Å². The number of ether oxygens (including phenoxy) is 2. The average Bonchev–Trinajstić information content (AvgIpc) is 2.59. The zero-order valence-electron chi connectivity index (χ0n) is 15.6. The molecule has 4 heteroatoms. The van der Waals surface area contributed by atoms with E-state index in [0.717, 1.165) is 0 Å². The molecule has 0 aliphatic carbocycles. The van der Waals surface area contributed by atoms with Gasteiger partial charge in [0.2, 0.25) is 0 Å². The van der Waals surface area contributed by atoms with Crippen LogP contribution in [0.3, 0.4) is 0 Å². The largest absolute Gasteiger partial charge is 0.495 e. The second-order valence-corrected chi connectivity index (χ2v) is 6.98. The molecule has 0 spiro atoms. The Morgan fingerprint density at radius 1 is 1.08 bits per heavy atom. The van der Waals surface area contributed by atoms with Crippen LogP contribution in [0.2, 0.25) is 0 Å². The number of carbonyl (C=O) groups is 1. The molecule has 0 saturated carbocycles. The molecule has 25 heavy (non-hydrogen) atoms. The highest BCUT2D eigenvalue weighted by atomic mass is 16.5. The van der Waals surface area contributed by atoms with Crippen LogP contribution in [-0.2, 0) is 10.2 Å². The van der Waals surface area contributed by atoms with E-state index in [9.17, 15) is 4.79 Å². The van der Waals surface area contributed by atoms with Crippen LogP contribution in [-0.4, -0.2) is 19.1 Å². The van der Waals surface area contributed by atoms with Gasteiger partial charge in [-0.25, -0.2) is 0 Å². The van der Waals surface area contributed by atoms with Crippen molar-refractivity contribution in [3.8, 4) is 11.5 Å². The lowest BCUT2D eigenvalue weighted by atomic mass is 9.87. The fraction of sp³-hybridized carbons (Fsp3) is 0.381. The highest BCUT2D eigenvalue weighted by Gasteiger charge is 2.20. The first kappa shape index (κ1) is 18.8. The minimum absolute atomic E-state index is 0.0872. The molecule has 0 fully saturated rings. The predicted molar refractivity (Wildman–Crippen MR) is 101 cm³/mol. The highest BCUT2D eigenvalue weighted by Crippen LogP contribution is 2.26. The zero-order valence-corrected chi connectivity index (χ0v) is 15.6. The number of rotatable bonds is 6. The third-order valence-corrected chi connectivity index (χ3v) is 4.03. The quantitative estimate of drug-likeness (QED) is 0.822. The SMILES string of the molecule is CC[C@@H](Oc1ccc(C(C)(C)C)cc1)C(=O)Nc1ccccc1OC. The van der Waals surface area contributed by atoms with Gasteiger partial charge in [0, 0.05) is 0 Å². The minimum Gasteiger partial charge on any atom is -0.495 e. The first-order chi connectivity index (χ1) is 11.8. The van der Waals surface area contributed by atoms with Crippen molar-refractivity contribution in [2.75, 3.05) is 12.4 Å². The molecule has 0 saturated heterocycles. The van der Waals surface area contributed by atoms with Gasteiger partial charge in [-0.05, 0) is 41.7 Å². The van der Waals surface area contributed by atoms with Crippen molar-refractivity contribution in [2.24, 2.45) is 0 Å². The van der Waals surface area contributed by atoms with E-state index >= 15 is 0 Å². The normalized spacial score (nSPS) is 12.4. The van der Waals surface area contributed by atoms with Gasteiger partial charge in [0.25, 0.3) is 5.91 Å². The van der Waals surface area contributed by atoms with Crippen LogP contribution in [0.25, 0.3) is 0 Å². The van der Waals surface area contributed by atoms with Crippen LogP contribution >= 0.6 is 0 Å². The van der Waals surface area contributed by atoms with Crippen LogP contribution in [0.15, 0.2) is 48.5 Å². The predicted octanol–water partition coefficient (Wildman–Crippen LogP) is 4.79. The Bertz CT molecular complexity index is 702. The maximum absolute atomic E-state index is 12.6.